The van der Waals surface area contributed by atoms with Crippen molar-refractivity contribution in [3.63, 3.8) is 0 Å². The lowest BCUT2D eigenvalue weighted by Crippen LogP contribution is -2.26. The summed E-state index contributed by atoms with van der Waals surface area (Å²) in [7, 11) is 0. The number of hydrogen-bond acceptors (Lipinski definition) is 2. The zero-order chi connectivity index (χ0) is 14.7. The molecule has 0 saturated heterocycles. The van der Waals surface area contributed by atoms with Crippen LogP contribution in [0.1, 0.15) is 22.3 Å². The van der Waals surface area contributed by atoms with E-state index in [-0.39, 0.29) is 5.56 Å². The van der Waals surface area contributed by atoms with Crippen LogP contribution in [0, 0.1) is 17.1 Å². The molecule has 1 heterocycles. The van der Waals surface area contributed by atoms with Crippen LogP contribution in [0.3, 0.4) is 0 Å². The molecule has 0 N–H and O–H groups in total. The first-order valence-electron chi connectivity index (χ1n) is 7.24. The molecule has 1 aliphatic heterocycles. The van der Waals surface area contributed by atoms with Crippen LogP contribution in [-0.2, 0) is 19.4 Å². The first kappa shape index (κ1) is 13.8. The molecule has 0 amide bonds. The highest BCUT2D eigenvalue weighted by Crippen LogP contribution is 2.18. The largest absolute Gasteiger partial charge is 0.298 e. The summed E-state index contributed by atoms with van der Waals surface area (Å²) in [5.41, 5.74) is 3.98. The quantitative estimate of drug-likeness (QED) is 0.844. The minimum absolute atomic E-state index is 0.130. The molecule has 21 heavy (non-hydrogen) atoms. The summed E-state index contributed by atoms with van der Waals surface area (Å²) in [5.74, 6) is -0.440. The van der Waals surface area contributed by atoms with Gasteiger partial charge in [0.15, 0.2) is 0 Å². The molecule has 0 bridgehead atoms. The predicted octanol–water partition coefficient (Wildman–Crippen LogP) is 3.30. The van der Waals surface area contributed by atoms with Gasteiger partial charge in [-0.3, -0.25) is 4.90 Å². The van der Waals surface area contributed by atoms with Gasteiger partial charge in [0.1, 0.15) is 11.9 Å². The van der Waals surface area contributed by atoms with Crippen molar-refractivity contribution in [2.45, 2.75) is 19.4 Å². The molecule has 2 aromatic rings. The van der Waals surface area contributed by atoms with Crippen molar-refractivity contribution >= 4 is 0 Å². The van der Waals surface area contributed by atoms with Gasteiger partial charge in [-0.05, 0) is 41.7 Å². The Morgan fingerprint density at radius 1 is 1.05 bits per heavy atom. The lowest BCUT2D eigenvalue weighted by molar-refractivity contribution is 0.279. The molecule has 0 atom stereocenters. The van der Waals surface area contributed by atoms with Gasteiger partial charge in [0.2, 0.25) is 0 Å². The number of halogens is 1. The molecule has 2 aromatic carbocycles. The Bertz CT molecular complexity index is 661. The van der Waals surface area contributed by atoms with Gasteiger partial charge in [-0.15, -0.1) is 0 Å². The SMILES string of the molecule is N#Cc1cc(CN2CCc3ccccc3CC2)ccc1F. The summed E-state index contributed by atoms with van der Waals surface area (Å²) >= 11 is 0. The second-order valence-electron chi connectivity index (χ2n) is 5.47. The van der Waals surface area contributed by atoms with E-state index in [2.05, 4.69) is 29.2 Å². The second kappa shape index (κ2) is 6.07. The minimum Gasteiger partial charge on any atom is -0.298 e. The van der Waals surface area contributed by atoms with Gasteiger partial charge in [0.05, 0.1) is 5.56 Å². The van der Waals surface area contributed by atoms with Crippen molar-refractivity contribution in [1.82, 2.24) is 4.90 Å². The maximum Gasteiger partial charge on any atom is 0.140 e. The third kappa shape index (κ3) is 3.12. The van der Waals surface area contributed by atoms with E-state index in [1.54, 1.807) is 12.1 Å². The molecule has 106 valence electrons. The van der Waals surface area contributed by atoms with Crippen molar-refractivity contribution < 1.29 is 4.39 Å². The van der Waals surface area contributed by atoms with Crippen LogP contribution < -0.4 is 0 Å². The molecule has 0 radical (unpaired) electrons. The standard InChI is InChI=1S/C18H17FN2/c19-18-6-5-14(11-17(18)12-20)13-21-9-7-15-3-1-2-4-16(15)8-10-21/h1-6,11H,7-10,13H2. The first-order valence-corrected chi connectivity index (χ1v) is 7.24. The van der Waals surface area contributed by atoms with Crippen molar-refractivity contribution in [2.75, 3.05) is 13.1 Å². The van der Waals surface area contributed by atoms with Crippen LogP contribution in [-0.4, -0.2) is 18.0 Å². The van der Waals surface area contributed by atoms with E-state index in [1.807, 2.05) is 6.07 Å². The van der Waals surface area contributed by atoms with Crippen LogP contribution in [0.25, 0.3) is 0 Å². The monoisotopic (exact) mass is 280 g/mol. The van der Waals surface area contributed by atoms with E-state index in [1.165, 1.54) is 17.2 Å². The molecule has 0 aromatic heterocycles. The fraction of sp³-hybridized carbons (Fsp3) is 0.278. The topological polar surface area (TPSA) is 27.0 Å². The van der Waals surface area contributed by atoms with Crippen LogP contribution in [0.5, 0.6) is 0 Å². The van der Waals surface area contributed by atoms with Crippen LogP contribution in [0.2, 0.25) is 0 Å². The summed E-state index contributed by atoms with van der Waals surface area (Å²) in [5, 5.41) is 8.91. The van der Waals surface area contributed by atoms with Crippen molar-refractivity contribution in [2.24, 2.45) is 0 Å². The van der Waals surface area contributed by atoms with E-state index in [9.17, 15) is 4.39 Å². The molecule has 0 unspecified atom stereocenters. The highest BCUT2D eigenvalue weighted by molar-refractivity contribution is 5.34. The Morgan fingerprint density at radius 2 is 1.71 bits per heavy atom. The third-order valence-corrected chi connectivity index (χ3v) is 4.07. The molecule has 1 aliphatic rings. The number of fused-ring (bicyclic) bond motifs is 1. The first-order chi connectivity index (χ1) is 10.3. The van der Waals surface area contributed by atoms with E-state index >= 15 is 0 Å². The van der Waals surface area contributed by atoms with Gasteiger partial charge < -0.3 is 0 Å². The molecule has 3 heteroatoms. The zero-order valence-electron chi connectivity index (χ0n) is 11.8. The average Bonchev–Trinajstić information content (AvgIpc) is 2.72. The molecular weight excluding hydrogens is 263 g/mol. The van der Waals surface area contributed by atoms with Crippen molar-refractivity contribution in [3.8, 4) is 6.07 Å². The number of rotatable bonds is 2. The van der Waals surface area contributed by atoms with Crippen molar-refractivity contribution in [1.29, 1.82) is 5.26 Å². The molecule has 0 spiro atoms. The number of nitrogens with zero attached hydrogens (tertiary/aromatic N) is 2. The lowest BCUT2D eigenvalue weighted by atomic mass is 10.0. The highest BCUT2D eigenvalue weighted by Gasteiger charge is 2.14. The normalized spacial score (nSPS) is 15.0. The summed E-state index contributed by atoms with van der Waals surface area (Å²) in [6, 6.07) is 15.3. The Balaban J connectivity index is 1.71. The van der Waals surface area contributed by atoms with E-state index < -0.39 is 5.82 Å². The van der Waals surface area contributed by atoms with Crippen molar-refractivity contribution in [3.05, 3.63) is 70.5 Å². The maximum atomic E-state index is 13.4. The fourth-order valence-electron chi connectivity index (χ4n) is 2.89. The second-order valence-corrected chi connectivity index (χ2v) is 5.47. The van der Waals surface area contributed by atoms with E-state index in [0.717, 1.165) is 38.0 Å². The minimum atomic E-state index is -0.440. The van der Waals surface area contributed by atoms with Gasteiger partial charge in [0.25, 0.3) is 0 Å². The molecular formula is C18H17FN2. The summed E-state index contributed by atoms with van der Waals surface area (Å²) in [6.45, 7) is 2.76. The Kier molecular flexibility index (Phi) is 3.98. The van der Waals surface area contributed by atoms with Gasteiger partial charge in [0, 0.05) is 19.6 Å². The van der Waals surface area contributed by atoms with Gasteiger partial charge in [-0.25, -0.2) is 4.39 Å². The predicted molar refractivity (Wildman–Crippen MR) is 80.2 cm³/mol. The fourth-order valence-corrected chi connectivity index (χ4v) is 2.89. The Labute approximate surface area is 124 Å². The molecule has 0 fully saturated rings. The number of benzene rings is 2. The molecule has 0 saturated carbocycles. The smallest absolute Gasteiger partial charge is 0.140 e. The van der Waals surface area contributed by atoms with Gasteiger partial charge in [-0.1, -0.05) is 30.3 Å². The Hall–Kier alpha value is -2.18. The number of hydrogen-bond donors (Lipinski definition) is 0. The Morgan fingerprint density at radius 3 is 2.33 bits per heavy atom. The number of nitriles is 1. The summed E-state index contributed by atoms with van der Waals surface area (Å²) in [6.07, 6.45) is 2.09. The van der Waals surface area contributed by atoms with E-state index in [0.29, 0.717) is 0 Å². The van der Waals surface area contributed by atoms with Crippen LogP contribution in [0.4, 0.5) is 4.39 Å². The zero-order valence-corrected chi connectivity index (χ0v) is 11.8. The average molecular weight is 280 g/mol. The van der Waals surface area contributed by atoms with Gasteiger partial charge in [-0.2, -0.15) is 5.26 Å². The van der Waals surface area contributed by atoms with E-state index in [4.69, 9.17) is 5.26 Å². The van der Waals surface area contributed by atoms with Crippen LogP contribution >= 0.6 is 0 Å². The molecule has 3 rings (SSSR count). The third-order valence-electron chi connectivity index (χ3n) is 4.07. The molecule has 0 aliphatic carbocycles. The summed E-state index contributed by atoms with van der Waals surface area (Å²) in [4.78, 5) is 2.37. The lowest BCUT2D eigenvalue weighted by Gasteiger charge is -2.19. The summed E-state index contributed by atoms with van der Waals surface area (Å²) < 4.78 is 13.4. The van der Waals surface area contributed by atoms with Crippen LogP contribution in [0.15, 0.2) is 42.5 Å². The molecule has 2 nitrogen and oxygen atoms in total. The highest BCUT2D eigenvalue weighted by atomic mass is 19.1. The maximum absolute atomic E-state index is 13.4. The van der Waals surface area contributed by atoms with Gasteiger partial charge >= 0.3 is 0 Å².